The summed E-state index contributed by atoms with van der Waals surface area (Å²) >= 11 is 0. The number of rotatable bonds is 1. The standard InChI is InChI=1S/C8H10O3/c1-10-8(9)5-2-3-6-7(4-5)11-6/h2,6-7H,3-4H2,1H3/t6-,7?/m1/s1. The summed E-state index contributed by atoms with van der Waals surface area (Å²) in [5, 5.41) is 0. The molecular formula is C8H10O3. The molecule has 2 atom stereocenters. The Hall–Kier alpha value is -0.830. The maximum absolute atomic E-state index is 11.0. The quantitative estimate of drug-likeness (QED) is 0.411. The van der Waals surface area contributed by atoms with E-state index in [4.69, 9.17) is 4.74 Å². The Bertz CT molecular complexity index is 219. The van der Waals surface area contributed by atoms with E-state index < -0.39 is 0 Å². The molecule has 0 bridgehead atoms. The predicted molar refractivity (Wildman–Crippen MR) is 38.0 cm³/mol. The van der Waals surface area contributed by atoms with Crippen molar-refractivity contribution in [3.8, 4) is 0 Å². The van der Waals surface area contributed by atoms with E-state index in [1.807, 2.05) is 6.08 Å². The van der Waals surface area contributed by atoms with Crippen molar-refractivity contribution in [1.29, 1.82) is 0 Å². The maximum atomic E-state index is 11.0. The largest absolute Gasteiger partial charge is 0.466 e. The zero-order chi connectivity index (χ0) is 7.84. The molecule has 1 heterocycles. The van der Waals surface area contributed by atoms with Crippen LogP contribution in [0.2, 0.25) is 0 Å². The summed E-state index contributed by atoms with van der Waals surface area (Å²) in [6, 6.07) is 0. The fourth-order valence-corrected chi connectivity index (χ4v) is 1.42. The SMILES string of the molecule is COC(=O)C1=CC[C@H]2OC2C1. The lowest BCUT2D eigenvalue weighted by molar-refractivity contribution is -0.136. The lowest BCUT2D eigenvalue weighted by atomic mass is 10.00. The highest BCUT2D eigenvalue weighted by Crippen LogP contribution is 2.36. The van der Waals surface area contributed by atoms with Crippen LogP contribution in [-0.4, -0.2) is 25.3 Å². The Balaban J connectivity index is 2.03. The van der Waals surface area contributed by atoms with E-state index in [0.29, 0.717) is 12.2 Å². The minimum absolute atomic E-state index is 0.209. The molecule has 0 aromatic carbocycles. The van der Waals surface area contributed by atoms with Crippen LogP contribution in [0, 0.1) is 0 Å². The fraction of sp³-hybridized carbons (Fsp3) is 0.625. The summed E-state index contributed by atoms with van der Waals surface area (Å²) in [6.45, 7) is 0. The van der Waals surface area contributed by atoms with Gasteiger partial charge in [0, 0.05) is 12.0 Å². The van der Waals surface area contributed by atoms with Crippen LogP contribution in [0.5, 0.6) is 0 Å². The number of fused-ring (bicyclic) bond motifs is 1. The summed E-state index contributed by atoms with van der Waals surface area (Å²) in [5.74, 6) is -0.209. The molecule has 1 fully saturated rings. The second-order valence-corrected chi connectivity index (χ2v) is 2.87. The minimum atomic E-state index is -0.209. The fourth-order valence-electron chi connectivity index (χ4n) is 1.42. The first-order chi connectivity index (χ1) is 5.31. The number of carbonyl (C=O) groups is 1. The predicted octanol–water partition coefficient (Wildman–Crippen LogP) is 0.647. The van der Waals surface area contributed by atoms with Gasteiger partial charge in [-0.1, -0.05) is 6.08 Å². The summed E-state index contributed by atoms with van der Waals surface area (Å²) < 4.78 is 9.84. The van der Waals surface area contributed by atoms with Crippen LogP contribution < -0.4 is 0 Å². The van der Waals surface area contributed by atoms with Crippen molar-refractivity contribution in [2.45, 2.75) is 25.0 Å². The maximum Gasteiger partial charge on any atom is 0.333 e. The minimum Gasteiger partial charge on any atom is -0.466 e. The summed E-state index contributed by atoms with van der Waals surface area (Å²) in [5.41, 5.74) is 0.770. The summed E-state index contributed by atoms with van der Waals surface area (Å²) in [6.07, 6.45) is 4.21. The van der Waals surface area contributed by atoms with Gasteiger partial charge in [-0.05, 0) is 6.42 Å². The first kappa shape index (κ1) is 6.85. The monoisotopic (exact) mass is 154 g/mol. The molecule has 0 spiro atoms. The second-order valence-electron chi connectivity index (χ2n) is 2.87. The van der Waals surface area contributed by atoms with Crippen LogP contribution >= 0.6 is 0 Å². The Kier molecular flexibility index (Phi) is 1.46. The first-order valence-electron chi connectivity index (χ1n) is 3.74. The van der Waals surface area contributed by atoms with Gasteiger partial charge in [0.2, 0.25) is 0 Å². The highest BCUT2D eigenvalue weighted by molar-refractivity contribution is 5.88. The lowest BCUT2D eigenvalue weighted by Gasteiger charge is -2.05. The molecule has 0 aromatic heterocycles. The topological polar surface area (TPSA) is 38.8 Å². The van der Waals surface area contributed by atoms with E-state index in [2.05, 4.69) is 4.74 Å². The van der Waals surface area contributed by atoms with Gasteiger partial charge < -0.3 is 9.47 Å². The van der Waals surface area contributed by atoms with E-state index in [9.17, 15) is 4.79 Å². The van der Waals surface area contributed by atoms with Gasteiger partial charge in [-0.2, -0.15) is 0 Å². The van der Waals surface area contributed by atoms with Crippen LogP contribution in [0.25, 0.3) is 0 Å². The van der Waals surface area contributed by atoms with Crippen molar-refractivity contribution >= 4 is 5.97 Å². The smallest absolute Gasteiger partial charge is 0.333 e. The van der Waals surface area contributed by atoms with Gasteiger partial charge in [0.05, 0.1) is 19.3 Å². The molecule has 2 rings (SSSR count). The van der Waals surface area contributed by atoms with E-state index in [-0.39, 0.29) is 5.97 Å². The molecule has 0 aromatic rings. The van der Waals surface area contributed by atoms with E-state index >= 15 is 0 Å². The molecule has 1 aliphatic carbocycles. The lowest BCUT2D eigenvalue weighted by Crippen LogP contribution is -2.11. The molecule has 1 unspecified atom stereocenters. The van der Waals surface area contributed by atoms with Crippen molar-refractivity contribution in [3.63, 3.8) is 0 Å². The summed E-state index contributed by atoms with van der Waals surface area (Å²) in [7, 11) is 1.41. The van der Waals surface area contributed by atoms with Crippen molar-refractivity contribution in [1.82, 2.24) is 0 Å². The number of ether oxygens (including phenoxy) is 2. The normalized spacial score (nSPS) is 33.7. The van der Waals surface area contributed by atoms with E-state index in [1.54, 1.807) is 0 Å². The number of epoxide rings is 1. The molecule has 1 aliphatic heterocycles. The average molecular weight is 154 g/mol. The van der Waals surface area contributed by atoms with Crippen molar-refractivity contribution < 1.29 is 14.3 Å². The van der Waals surface area contributed by atoms with Crippen LogP contribution in [0.3, 0.4) is 0 Å². The highest BCUT2D eigenvalue weighted by atomic mass is 16.6. The summed E-state index contributed by atoms with van der Waals surface area (Å²) in [4.78, 5) is 11.0. The third-order valence-electron chi connectivity index (χ3n) is 2.15. The van der Waals surface area contributed by atoms with Crippen LogP contribution in [-0.2, 0) is 14.3 Å². The molecule has 0 radical (unpaired) electrons. The number of esters is 1. The molecular weight excluding hydrogens is 144 g/mol. The third-order valence-corrected chi connectivity index (χ3v) is 2.15. The van der Waals surface area contributed by atoms with Crippen molar-refractivity contribution in [2.75, 3.05) is 7.11 Å². The molecule has 0 amide bonds. The van der Waals surface area contributed by atoms with Gasteiger partial charge in [-0.3, -0.25) is 0 Å². The zero-order valence-corrected chi connectivity index (χ0v) is 6.37. The van der Waals surface area contributed by atoms with E-state index in [1.165, 1.54) is 7.11 Å². The Morgan fingerprint density at radius 3 is 3.18 bits per heavy atom. The highest BCUT2D eigenvalue weighted by Gasteiger charge is 2.42. The van der Waals surface area contributed by atoms with Crippen LogP contribution in [0.15, 0.2) is 11.6 Å². The number of methoxy groups -OCH3 is 1. The molecule has 1 saturated heterocycles. The average Bonchev–Trinajstić information content (AvgIpc) is 2.80. The first-order valence-corrected chi connectivity index (χ1v) is 3.74. The zero-order valence-electron chi connectivity index (χ0n) is 6.37. The van der Waals surface area contributed by atoms with Crippen LogP contribution in [0.4, 0.5) is 0 Å². The van der Waals surface area contributed by atoms with Gasteiger partial charge in [0.25, 0.3) is 0 Å². The number of hydrogen-bond acceptors (Lipinski definition) is 3. The third kappa shape index (κ3) is 1.16. The molecule has 60 valence electrons. The molecule has 3 heteroatoms. The van der Waals surface area contributed by atoms with Gasteiger partial charge in [0.1, 0.15) is 0 Å². The molecule has 0 saturated carbocycles. The van der Waals surface area contributed by atoms with Gasteiger partial charge in [0.15, 0.2) is 0 Å². The van der Waals surface area contributed by atoms with E-state index in [0.717, 1.165) is 18.4 Å². The second kappa shape index (κ2) is 2.34. The Labute approximate surface area is 65.0 Å². The Morgan fingerprint density at radius 2 is 2.55 bits per heavy atom. The molecule has 11 heavy (non-hydrogen) atoms. The molecule has 2 aliphatic rings. The number of carbonyl (C=O) groups excluding carboxylic acids is 1. The Morgan fingerprint density at radius 1 is 1.73 bits per heavy atom. The van der Waals surface area contributed by atoms with Crippen molar-refractivity contribution in [2.24, 2.45) is 0 Å². The van der Waals surface area contributed by atoms with Crippen molar-refractivity contribution in [3.05, 3.63) is 11.6 Å². The number of hydrogen-bond donors (Lipinski definition) is 0. The van der Waals surface area contributed by atoms with Gasteiger partial charge >= 0.3 is 5.97 Å². The van der Waals surface area contributed by atoms with Gasteiger partial charge in [-0.25, -0.2) is 4.79 Å². The van der Waals surface area contributed by atoms with Gasteiger partial charge in [-0.15, -0.1) is 0 Å². The van der Waals surface area contributed by atoms with Crippen LogP contribution in [0.1, 0.15) is 12.8 Å². The molecule has 0 N–H and O–H groups in total. The molecule has 3 nitrogen and oxygen atoms in total.